The quantitative estimate of drug-likeness (QED) is 0.455. The first kappa shape index (κ1) is 25.9. The van der Waals surface area contributed by atoms with Crippen molar-refractivity contribution in [3.05, 3.63) is 51.4 Å². The standard InChI is InChI=1S/C23H26N4O7S2/c1-14(2)34-23(30)20-15(3)19-21(35-20)24-13-26(22(19)29)12-18(28)25-16-4-6-17(7-5-16)36(31,32)27-8-10-33-11-9-27/h4-7,13-14H,8-12H2,1-3H3,(H,25,28). The minimum absolute atomic E-state index is 0.119. The highest BCUT2D eigenvalue weighted by atomic mass is 32.2. The van der Waals surface area contributed by atoms with Gasteiger partial charge in [0.1, 0.15) is 16.3 Å². The Bertz CT molecular complexity index is 1450. The molecule has 1 saturated heterocycles. The van der Waals surface area contributed by atoms with Gasteiger partial charge in [0.25, 0.3) is 5.56 Å². The van der Waals surface area contributed by atoms with Crippen LogP contribution in [0.3, 0.4) is 0 Å². The number of thiophene rings is 1. The fourth-order valence-electron chi connectivity index (χ4n) is 3.74. The summed E-state index contributed by atoms with van der Waals surface area (Å²) in [5.41, 5.74) is 0.401. The molecule has 0 unspecified atom stereocenters. The number of nitrogens with zero attached hydrogens (tertiary/aromatic N) is 3. The van der Waals surface area contributed by atoms with Crippen molar-refractivity contribution < 1.29 is 27.5 Å². The van der Waals surface area contributed by atoms with E-state index in [1.54, 1.807) is 20.8 Å². The lowest BCUT2D eigenvalue weighted by Crippen LogP contribution is -2.40. The lowest BCUT2D eigenvalue weighted by atomic mass is 10.2. The molecule has 0 radical (unpaired) electrons. The third kappa shape index (κ3) is 5.33. The zero-order valence-electron chi connectivity index (χ0n) is 20.0. The molecule has 4 rings (SSSR count). The van der Waals surface area contributed by atoms with Crippen molar-refractivity contribution in [1.82, 2.24) is 13.9 Å². The van der Waals surface area contributed by atoms with Crippen LogP contribution in [-0.2, 0) is 30.8 Å². The second-order valence-electron chi connectivity index (χ2n) is 8.46. The Hall–Kier alpha value is -3.13. The number of carbonyl (C=O) groups is 2. The van der Waals surface area contributed by atoms with Gasteiger partial charge >= 0.3 is 5.97 Å². The molecule has 0 saturated carbocycles. The van der Waals surface area contributed by atoms with Crippen LogP contribution in [0.25, 0.3) is 10.2 Å². The maximum absolute atomic E-state index is 13.0. The van der Waals surface area contributed by atoms with E-state index in [0.29, 0.717) is 34.2 Å². The molecule has 3 aromatic rings. The van der Waals surface area contributed by atoms with Gasteiger partial charge in [-0.2, -0.15) is 4.31 Å². The fourth-order valence-corrected chi connectivity index (χ4v) is 6.17. The number of esters is 1. The van der Waals surface area contributed by atoms with Gasteiger partial charge in [0.15, 0.2) is 0 Å². The number of anilines is 1. The van der Waals surface area contributed by atoms with Crippen LogP contribution < -0.4 is 10.9 Å². The number of aryl methyl sites for hydroxylation is 1. The van der Waals surface area contributed by atoms with Crippen molar-refractivity contribution in [2.45, 2.75) is 38.3 Å². The second kappa shape index (κ2) is 10.5. The molecular weight excluding hydrogens is 508 g/mol. The average Bonchev–Trinajstić information content (AvgIpc) is 3.18. The number of nitrogens with one attached hydrogen (secondary N) is 1. The highest BCUT2D eigenvalue weighted by molar-refractivity contribution is 7.89. The summed E-state index contributed by atoms with van der Waals surface area (Å²) in [6, 6.07) is 5.83. The van der Waals surface area contributed by atoms with Crippen molar-refractivity contribution >= 4 is 49.1 Å². The second-order valence-corrected chi connectivity index (χ2v) is 11.4. The fraction of sp³-hybridized carbons (Fsp3) is 0.391. The summed E-state index contributed by atoms with van der Waals surface area (Å²) in [7, 11) is -3.64. The predicted octanol–water partition coefficient (Wildman–Crippen LogP) is 1.99. The van der Waals surface area contributed by atoms with Gasteiger partial charge in [-0.15, -0.1) is 11.3 Å². The summed E-state index contributed by atoms with van der Waals surface area (Å²) in [6.07, 6.45) is 0.958. The normalized spacial score (nSPS) is 14.8. The smallest absolute Gasteiger partial charge is 0.348 e. The molecule has 3 heterocycles. The molecule has 1 aliphatic heterocycles. The maximum atomic E-state index is 13.0. The number of aromatic nitrogens is 2. The van der Waals surface area contributed by atoms with Gasteiger partial charge in [0, 0.05) is 18.8 Å². The minimum Gasteiger partial charge on any atom is -0.459 e. The summed E-state index contributed by atoms with van der Waals surface area (Å²) in [4.78, 5) is 43.0. The van der Waals surface area contributed by atoms with E-state index in [1.807, 2.05) is 0 Å². The topological polar surface area (TPSA) is 137 Å². The van der Waals surface area contributed by atoms with E-state index in [9.17, 15) is 22.8 Å². The maximum Gasteiger partial charge on any atom is 0.348 e. The number of benzene rings is 1. The Labute approximate surface area is 211 Å². The number of hydrogen-bond acceptors (Lipinski definition) is 9. The van der Waals surface area contributed by atoms with E-state index in [2.05, 4.69) is 10.3 Å². The number of morpholine rings is 1. The van der Waals surface area contributed by atoms with Gasteiger partial charge < -0.3 is 14.8 Å². The molecule has 36 heavy (non-hydrogen) atoms. The highest BCUT2D eigenvalue weighted by Gasteiger charge is 2.26. The minimum atomic E-state index is -3.64. The molecule has 0 spiro atoms. The van der Waals surface area contributed by atoms with Crippen LogP contribution in [0.5, 0.6) is 0 Å². The van der Waals surface area contributed by atoms with Crippen LogP contribution in [0.1, 0.15) is 29.1 Å². The number of fused-ring (bicyclic) bond motifs is 1. The molecule has 13 heteroatoms. The lowest BCUT2D eigenvalue weighted by Gasteiger charge is -2.26. The van der Waals surface area contributed by atoms with Crippen LogP contribution in [0.2, 0.25) is 0 Å². The van der Waals surface area contributed by atoms with E-state index in [1.165, 1.54) is 34.9 Å². The van der Waals surface area contributed by atoms with E-state index < -0.39 is 27.5 Å². The van der Waals surface area contributed by atoms with Gasteiger partial charge in [-0.05, 0) is 50.6 Å². The highest BCUT2D eigenvalue weighted by Crippen LogP contribution is 2.27. The van der Waals surface area contributed by atoms with E-state index in [4.69, 9.17) is 9.47 Å². The largest absolute Gasteiger partial charge is 0.459 e. The third-order valence-corrected chi connectivity index (χ3v) is 8.60. The number of rotatable bonds is 7. The van der Waals surface area contributed by atoms with Gasteiger partial charge in [0.2, 0.25) is 15.9 Å². The summed E-state index contributed by atoms with van der Waals surface area (Å²) in [5, 5.41) is 2.92. The first-order valence-electron chi connectivity index (χ1n) is 11.2. The Morgan fingerprint density at radius 2 is 1.86 bits per heavy atom. The number of sulfonamides is 1. The molecule has 0 bridgehead atoms. The molecule has 1 aliphatic rings. The summed E-state index contributed by atoms with van der Waals surface area (Å²) >= 11 is 1.07. The lowest BCUT2D eigenvalue weighted by molar-refractivity contribution is -0.116. The summed E-state index contributed by atoms with van der Waals surface area (Å²) in [6.45, 7) is 6.09. The Kier molecular flexibility index (Phi) is 7.54. The van der Waals surface area contributed by atoms with E-state index in [-0.39, 0.29) is 36.0 Å². The van der Waals surface area contributed by atoms with Crippen molar-refractivity contribution in [1.29, 1.82) is 0 Å². The van der Waals surface area contributed by atoms with Gasteiger partial charge in [-0.25, -0.2) is 18.2 Å². The summed E-state index contributed by atoms with van der Waals surface area (Å²) < 4.78 is 38.4. The zero-order valence-corrected chi connectivity index (χ0v) is 21.6. The number of ether oxygens (including phenoxy) is 2. The Morgan fingerprint density at radius 3 is 2.50 bits per heavy atom. The molecule has 192 valence electrons. The van der Waals surface area contributed by atoms with Crippen molar-refractivity contribution in [2.75, 3.05) is 31.6 Å². The summed E-state index contributed by atoms with van der Waals surface area (Å²) in [5.74, 6) is -1.01. The molecular formula is C23H26N4O7S2. The average molecular weight is 535 g/mol. The van der Waals surface area contributed by atoms with Crippen molar-refractivity contribution in [3.8, 4) is 0 Å². The monoisotopic (exact) mass is 534 g/mol. The third-order valence-electron chi connectivity index (χ3n) is 5.51. The number of amides is 1. The molecule has 1 amide bonds. The van der Waals surface area contributed by atoms with Gasteiger partial charge in [0.05, 0.1) is 35.9 Å². The Morgan fingerprint density at radius 1 is 1.19 bits per heavy atom. The van der Waals surface area contributed by atoms with Crippen molar-refractivity contribution in [3.63, 3.8) is 0 Å². The van der Waals surface area contributed by atoms with Gasteiger partial charge in [-0.1, -0.05) is 0 Å². The Balaban J connectivity index is 1.48. The SMILES string of the molecule is Cc1c(C(=O)OC(C)C)sc2ncn(CC(=O)Nc3ccc(S(=O)(=O)N4CCOCC4)cc3)c(=O)c12. The van der Waals surface area contributed by atoms with Crippen molar-refractivity contribution in [2.24, 2.45) is 0 Å². The van der Waals surface area contributed by atoms with E-state index >= 15 is 0 Å². The van der Waals surface area contributed by atoms with Crippen LogP contribution in [0.15, 0.2) is 40.3 Å². The van der Waals surface area contributed by atoms with E-state index in [0.717, 1.165) is 15.9 Å². The van der Waals surface area contributed by atoms with Crippen LogP contribution in [0.4, 0.5) is 5.69 Å². The van der Waals surface area contributed by atoms with Crippen LogP contribution in [-0.4, -0.2) is 66.6 Å². The number of carbonyl (C=O) groups excluding carboxylic acids is 2. The molecule has 1 aromatic carbocycles. The first-order chi connectivity index (χ1) is 17.1. The molecule has 0 aliphatic carbocycles. The zero-order chi connectivity index (χ0) is 26.0. The number of hydrogen-bond donors (Lipinski definition) is 1. The predicted molar refractivity (Wildman–Crippen MR) is 134 cm³/mol. The molecule has 2 aromatic heterocycles. The molecule has 1 fully saturated rings. The first-order valence-corrected chi connectivity index (χ1v) is 13.5. The molecule has 0 atom stereocenters. The molecule has 11 nitrogen and oxygen atoms in total. The van der Waals surface area contributed by atoms with Gasteiger partial charge in [-0.3, -0.25) is 14.2 Å². The van der Waals surface area contributed by atoms with Crippen LogP contribution >= 0.6 is 11.3 Å². The molecule has 1 N–H and O–H groups in total. The van der Waals surface area contributed by atoms with Crippen LogP contribution in [0, 0.1) is 6.92 Å².